The van der Waals surface area contributed by atoms with Crippen molar-refractivity contribution in [1.29, 1.82) is 0 Å². The van der Waals surface area contributed by atoms with E-state index in [1.807, 2.05) is 30.3 Å². The van der Waals surface area contributed by atoms with E-state index in [2.05, 4.69) is 31.5 Å². The number of nitrogens with zero attached hydrogens (tertiary/aromatic N) is 4. The lowest BCUT2D eigenvalue weighted by molar-refractivity contribution is 0.425. The van der Waals surface area contributed by atoms with E-state index in [0.29, 0.717) is 11.4 Å². The molecule has 0 spiro atoms. The third-order valence-corrected chi connectivity index (χ3v) is 3.25. The molecule has 0 aliphatic rings. The van der Waals surface area contributed by atoms with E-state index in [-0.39, 0.29) is 6.01 Å². The fourth-order valence-corrected chi connectivity index (χ4v) is 2.00. The Morgan fingerprint density at radius 3 is 2.70 bits per heavy atom. The summed E-state index contributed by atoms with van der Waals surface area (Å²) in [5.74, 6) is 0.553. The molecule has 6 nitrogen and oxygen atoms in total. The van der Waals surface area contributed by atoms with Crippen LogP contribution in [0.3, 0.4) is 0 Å². The van der Waals surface area contributed by atoms with Crippen molar-refractivity contribution in [2.45, 2.75) is 0 Å². The van der Waals surface area contributed by atoms with Crippen molar-refractivity contribution < 1.29 is 4.74 Å². The van der Waals surface area contributed by atoms with Crippen molar-refractivity contribution in [3.8, 4) is 17.4 Å². The molecule has 3 rings (SSSR count). The molecule has 0 saturated heterocycles. The Bertz CT molecular complexity index is 729. The maximum absolute atomic E-state index is 5.75. The maximum atomic E-state index is 5.75. The minimum absolute atomic E-state index is 0.266. The highest BCUT2D eigenvalue weighted by Crippen LogP contribution is 2.30. The van der Waals surface area contributed by atoms with Crippen LogP contribution in [0.2, 0.25) is 0 Å². The number of tetrazole rings is 1. The van der Waals surface area contributed by atoms with Crippen LogP contribution in [-0.2, 0) is 0 Å². The molecule has 2 aromatic carbocycles. The molecule has 0 aliphatic heterocycles. The van der Waals surface area contributed by atoms with Gasteiger partial charge in [-0.15, -0.1) is 0 Å². The van der Waals surface area contributed by atoms with E-state index in [1.165, 1.54) is 4.68 Å². The van der Waals surface area contributed by atoms with Crippen LogP contribution in [0.25, 0.3) is 5.69 Å². The molecule has 0 aliphatic carbocycles. The van der Waals surface area contributed by atoms with Crippen molar-refractivity contribution in [1.82, 2.24) is 20.2 Å². The van der Waals surface area contributed by atoms with Crippen LogP contribution >= 0.6 is 15.9 Å². The molecule has 100 valence electrons. The summed E-state index contributed by atoms with van der Waals surface area (Å²) in [7, 11) is 0. The second kappa shape index (κ2) is 5.30. The van der Waals surface area contributed by atoms with Gasteiger partial charge < -0.3 is 10.5 Å². The summed E-state index contributed by atoms with van der Waals surface area (Å²) < 4.78 is 8.00. The molecule has 0 unspecified atom stereocenters. The second-order valence-corrected chi connectivity index (χ2v) is 4.86. The third kappa shape index (κ3) is 2.48. The third-order valence-electron chi connectivity index (χ3n) is 2.60. The summed E-state index contributed by atoms with van der Waals surface area (Å²) in [4.78, 5) is 0. The molecule has 0 bridgehead atoms. The highest BCUT2D eigenvalue weighted by Gasteiger charge is 2.12. The zero-order valence-corrected chi connectivity index (χ0v) is 11.9. The number of anilines is 1. The molecule has 2 N–H and O–H groups in total. The van der Waals surface area contributed by atoms with Crippen LogP contribution in [-0.4, -0.2) is 20.2 Å². The lowest BCUT2D eigenvalue weighted by Gasteiger charge is -2.08. The number of nitrogens with two attached hydrogens (primary N) is 1. The summed E-state index contributed by atoms with van der Waals surface area (Å²) in [5.41, 5.74) is 7.16. The molecule has 0 amide bonds. The molecule has 0 atom stereocenters. The zero-order chi connectivity index (χ0) is 13.9. The van der Waals surface area contributed by atoms with E-state index in [9.17, 15) is 0 Å². The lowest BCUT2D eigenvalue weighted by Crippen LogP contribution is -2.00. The number of rotatable bonds is 3. The van der Waals surface area contributed by atoms with E-state index in [1.54, 1.807) is 18.2 Å². The van der Waals surface area contributed by atoms with Gasteiger partial charge in [0.05, 0.1) is 10.2 Å². The Morgan fingerprint density at radius 2 is 1.90 bits per heavy atom. The fraction of sp³-hybridized carbons (Fsp3) is 0. The highest BCUT2D eigenvalue weighted by atomic mass is 79.9. The standard InChI is InChI=1S/C13H10BrN5O/c14-11-7-6-9(15)8-12(11)20-13-16-17-18-19(13)10-4-2-1-3-5-10/h1-8H,15H2. The van der Waals surface area contributed by atoms with Gasteiger partial charge in [-0.2, -0.15) is 4.68 Å². The van der Waals surface area contributed by atoms with Crippen molar-refractivity contribution in [2.75, 3.05) is 5.73 Å². The Balaban J connectivity index is 1.97. The van der Waals surface area contributed by atoms with Crippen molar-refractivity contribution >= 4 is 21.6 Å². The van der Waals surface area contributed by atoms with E-state index < -0.39 is 0 Å². The molecule has 0 saturated carbocycles. The number of ether oxygens (including phenoxy) is 1. The highest BCUT2D eigenvalue weighted by molar-refractivity contribution is 9.10. The van der Waals surface area contributed by atoms with Gasteiger partial charge in [0.1, 0.15) is 5.75 Å². The summed E-state index contributed by atoms with van der Waals surface area (Å²) in [6, 6.07) is 15.0. The van der Waals surface area contributed by atoms with Crippen molar-refractivity contribution in [2.24, 2.45) is 0 Å². The SMILES string of the molecule is Nc1ccc(Br)c(Oc2nnnn2-c2ccccc2)c1. The quantitative estimate of drug-likeness (QED) is 0.746. The molecule has 0 radical (unpaired) electrons. The fourth-order valence-electron chi connectivity index (χ4n) is 1.67. The molecular weight excluding hydrogens is 322 g/mol. The average Bonchev–Trinajstić information content (AvgIpc) is 2.92. The molecular formula is C13H10BrN5O. The smallest absolute Gasteiger partial charge is 0.345 e. The minimum Gasteiger partial charge on any atom is -0.422 e. The van der Waals surface area contributed by atoms with Gasteiger partial charge >= 0.3 is 6.01 Å². The number of hydrogen-bond donors (Lipinski definition) is 1. The van der Waals surface area contributed by atoms with E-state index >= 15 is 0 Å². The number of hydrogen-bond acceptors (Lipinski definition) is 5. The van der Waals surface area contributed by atoms with E-state index in [4.69, 9.17) is 10.5 Å². The van der Waals surface area contributed by atoms with Gasteiger partial charge in [0, 0.05) is 11.8 Å². The molecule has 1 heterocycles. The van der Waals surface area contributed by atoms with Crippen LogP contribution in [0.4, 0.5) is 5.69 Å². The molecule has 20 heavy (non-hydrogen) atoms. The first-order chi connectivity index (χ1) is 9.74. The van der Waals surface area contributed by atoms with Crippen LogP contribution in [0, 0.1) is 0 Å². The van der Waals surface area contributed by atoms with Crippen molar-refractivity contribution in [3.05, 3.63) is 53.0 Å². The first-order valence-corrected chi connectivity index (χ1v) is 6.60. The number of benzene rings is 2. The Kier molecular flexibility index (Phi) is 3.34. The summed E-state index contributed by atoms with van der Waals surface area (Å²) in [6.45, 7) is 0. The zero-order valence-electron chi connectivity index (χ0n) is 10.3. The molecule has 0 fully saturated rings. The summed E-state index contributed by atoms with van der Waals surface area (Å²) in [6.07, 6.45) is 0. The summed E-state index contributed by atoms with van der Waals surface area (Å²) in [5, 5.41) is 11.4. The maximum Gasteiger partial charge on any atom is 0.345 e. The lowest BCUT2D eigenvalue weighted by atomic mass is 10.3. The van der Waals surface area contributed by atoms with Gasteiger partial charge in [-0.3, -0.25) is 0 Å². The predicted molar refractivity (Wildman–Crippen MR) is 77.8 cm³/mol. The molecule has 1 aromatic heterocycles. The second-order valence-electron chi connectivity index (χ2n) is 4.00. The van der Waals surface area contributed by atoms with Crippen molar-refractivity contribution in [3.63, 3.8) is 0 Å². The Morgan fingerprint density at radius 1 is 1.10 bits per heavy atom. The first-order valence-electron chi connectivity index (χ1n) is 5.81. The largest absolute Gasteiger partial charge is 0.422 e. The molecule has 3 aromatic rings. The van der Waals surface area contributed by atoms with Gasteiger partial charge in [0.15, 0.2) is 0 Å². The monoisotopic (exact) mass is 331 g/mol. The normalized spacial score (nSPS) is 10.4. The minimum atomic E-state index is 0.266. The number of nitrogen functional groups attached to an aromatic ring is 1. The van der Waals surface area contributed by atoms with Gasteiger partial charge in [0.2, 0.25) is 0 Å². The van der Waals surface area contributed by atoms with Gasteiger partial charge in [-0.25, -0.2) is 0 Å². The average molecular weight is 332 g/mol. The predicted octanol–water partition coefficient (Wildman–Crippen LogP) is 2.80. The van der Waals surface area contributed by atoms with Gasteiger partial charge in [-0.1, -0.05) is 23.3 Å². The topological polar surface area (TPSA) is 78.8 Å². The summed E-state index contributed by atoms with van der Waals surface area (Å²) >= 11 is 3.40. The van der Waals surface area contributed by atoms with Crippen LogP contribution in [0.15, 0.2) is 53.0 Å². The number of para-hydroxylation sites is 1. The number of aromatic nitrogens is 4. The Hall–Kier alpha value is -2.41. The Labute approximate surface area is 123 Å². The first kappa shape index (κ1) is 12.6. The van der Waals surface area contributed by atoms with Gasteiger partial charge in [0.25, 0.3) is 0 Å². The van der Waals surface area contributed by atoms with E-state index in [0.717, 1.165) is 10.2 Å². The number of halogens is 1. The van der Waals surface area contributed by atoms with Gasteiger partial charge in [-0.05, 0) is 50.6 Å². The van der Waals surface area contributed by atoms with Crippen LogP contribution in [0.1, 0.15) is 0 Å². The van der Waals surface area contributed by atoms with Crippen LogP contribution in [0.5, 0.6) is 11.8 Å². The van der Waals surface area contributed by atoms with Crippen LogP contribution < -0.4 is 10.5 Å². The molecule has 7 heteroatoms.